The standard InChI is InChI=1S/C13H21BrFN3/c1-4-5-18(7-6-17(2)3)13-9-11(15)10(14)8-12(13)16/h8-9H,4-7,16H2,1-3H3. The summed E-state index contributed by atoms with van der Waals surface area (Å²) in [5.41, 5.74) is 7.36. The fourth-order valence-corrected chi connectivity index (χ4v) is 2.13. The normalized spacial score (nSPS) is 11.0. The van der Waals surface area contributed by atoms with Gasteiger partial charge < -0.3 is 15.5 Å². The van der Waals surface area contributed by atoms with Crippen molar-refractivity contribution in [3.8, 4) is 0 Å². The van der Waals surface area contributed by atoms with Crippen LogP contribution in [0.2, 0.25) is 0 Å². The lowest BCUT2D eigenvalue weighted by molar-refractivity contribution is 0.413. The van der Waals surface area contributed by atoms with E-state index in [4.69, 9.17) is 5.73 Å². The van der Waals surface area contributed by atoms with Crippen LogP contribution in [0.4, 0.5) is 15.8 Å². The molecule has 5 heteroatoms. The lowest BCUT2D eigenvalue weighted by Crippen LogP contribution is -2.32. The van der Waals surface area contributed by atoms with Gasteiger partial charge in [0.25, 0.3) is 0 Å². The van der Waals surface area contributed by atoms with Crippen LogP contribution in [0.1, 0.15) is 13.3 Å². The van der Waals surface area contributed by atoms with E-state index in [2.05, 4.69) is 32.7 Å². The summed E-state index contributed by atoms with van der Waals surface area (Å²) in [7, 11) is 4.05. The maximum atomic E-state index is 13.6. The van der Waals surface area contributed by atoms with Crippen LogP contribution < -0.4 is 10.6 Å². The summed E-state index contributed by atoms with van der Waals surface area (Å²) in [6, 6.07) is 3.13. The second-order valence-electron chi connectivity index (χ2n) is 4.62. The molecule has 0 aromatic heterocycles. The molecule has 2 N–H and O–H groups in total. The molecule has 3 nitrogen and oxygen atoms in total. The first-order valence-corrected chi connectivity index (χ1v) is 6.89. The minimum atomic E-state index is -0.273. The van der Waals surface area contributed by atoms with E-state index in [0.717, 1.165) is 31.7 Å². The molecular weight excluding hydrogens is 297 g/mol. The summed E-state index contributed by atoms with van der Waals surface area (Å²) < 4.78 is 14.0. The van der Waals surface area contributed by atoms with Gasteiger partial charge in [-0.15, -0.1) is 0 Å². The molecule has 1 rings (SSSR count). The minimum absolute atomic E-state index is 0.273. The van der Waals surface area contributed by atoms with Gasteiger partial charge in [0.1, 0.15) is 5.82 Å². The quantitative estimate of drug-likeness (QED) is 0.819. The first kappa shape index (κ1) is 15.2. The first-order valence-electron chi connectivity index (χ1n) is 6.10. The predicted octanol–water partition coefficient (Wildman–Crippen LogP) is 2.95. The summed E-state index contributed by atoms with van der Waals surface area (Å²) in [4.78, 5) is 4.24. The van der Waals surface area contributed by atoms with Gasteiger partial charge in [0.2, 0.25) is 0 Å². The van der Waals surface area contributed by atoms with E-state index in [1.54, 1.807) is 6.07 Å². The molecule has 1 aromatic rings. The van der Waals surface area contributed by atoms with Crippen LogP contribution >= 0.6 is 15.9 Å². The Morgan fingerprint density at radius 2 is 1.89 bits per heavy atom. The molecular formula is C13H21BrFN3. The van der Waals surface area contributed by atoms with Crippen molar-refractivity contribution in [2.75, 3.05) is 44.4 Å². The van der Waals surface area contributed by atoms with Crippen LogP contribution in [0.15, 0.2) is 16.6 Å². The number of nitrogen functional groups attached to an aromatic ring is 1. The molecule has 0 bridgehead atoms. The van der Waals surface area contributed by atoms with Crippen LogP contribution in [-0.4, -0.2) is 38.6 Å². The number of benzene rings is 1. The van der Waals surface area contributed by atoms with E-state index < -0.39 is 0 Å². The molecule has 0 atom stereocenters. The number of rotatable bonds is 6. The Kier molecular flexibility index (Phi) is 5.88. The Bertz CT molecular complexity index is 396. The molecule has 0 unspecified atom stereocenters. The van der Waals surface area contributed by atoms with Crippen molar-refractivity contribution >= 4 is 27.3 Å². The van der Waals surface area contributed by atoms with Gasteiger partial charge >= 0.3 is 0 Å². The topological polar surface area (TPSA) is 32.5 Å². The number of hydrogen-bond donors (Lipinski definition) is 1. The summed E-state index contributed by atoms with van der Waals surface area (Å²) in [5, 5.41) is 0. The smallest absolute Gasteiger partial charge is 0.139 e. The highest BCUT2D eigenvalue weighted by Crippen LogP contribution is 2.29. The van der Waals surface area contributed by atoms with Gasteiger partial charge in [-0.05, 0) is 42.5 Å². The zero-order chi connectivity index (χ0) is 13.7. The highest BCUT2D eigenvalue weighted by Gasteiger charge is 2.12. The molecule has 0 spiro atoms. The zero-order valence-corrected chi connectivity index (χ0v) is 12.8. The highest BCUT2D eigenvalue weighted by molar-refractivity contribution is 9.10. The number of nitrogens with zero attached hydrogens (tertiary/aromatic N) is 2. The van der Waals surface area contributed by atoms with Crippen LogP contribution in [0, 0.1) is 5.82 Å². The molecule has 0 heterocycles. The van der Waals surface area contributed by atoms with Crippen molar-refractivity contribution in [1.29, 1.82) is 0 Å². The lowest BCUT2D eigenvalue weighted by Gasteiger charge is -2.27. The molecule has 0 aliphatic carbocycles. The molecule has 0 aliphatic rings. The summed E-state index contributed by atoms with van der Waals surface area (Å²) in [6.45, 7) is 4.73. The van der Waals surface area contributed by atoms with Crippen LogP contribution in [0.25, 0.3) is 0 Å². The van der Waals surface area contributed by atoms with Gasteiger partial charge in [-0.25, -0.2) is 4.39 Å². The fourth-order valence-electron chi connectivity index (χ4n) is 1.77. The predicted molar refractivity (Wildman–Crippen MR) is 79.6 cm³/mol. The van der Waals surface area contributed by atoms with E-state index in [-0.39, 0.29) is 5.82 Å². The van der Waals surface area contributed by atoms with Crippen molar-refractivity contribution in [2.45, 2.75) is 13.3 Å². The molecule has 102 valence electrons. The molecule has 0 fully saturated rings. The number of hydrogen-bond acceptors (Lipinski definition) is 3. The van der Waals surface area contributed by atoms with Gasteiger partial charge in [-0.3, -0.25) is 0 Å². The number of anilines is 2. The Labute approximate surface area is 117 Å². The first-order chi connectivity index (χ1) is 8.45. The molecule has 0 amide bonds. The van der Waals surface area contributed by atoms with Crippen molar-refractivity contribution < 1.29 is 4.39 Å². The molecule has 0 saturated heterocycles. The van der Waals surface area contributed by atoms with Crippen molar-refractivity contribution in [1.82, 2.24) is 4.90 Å². The SMILES string of the molecule is CCCN(CCN(C)C)c1cc(F)c(Br)cc1N. The second kappa shape index (κ2) is 6.95. The third kappa shape index (κ3) is 4.14. The largest absolute Gasteiger partial charge is 0.397 e. The Morgan fingerprint density at radius 1 is 1.22 bits per heavy atom. The van der Waals surface area contributed by atoms with E-state index >= 15 is 0 Å². The van der Waals surface area contributed by atoms with E-state index in [9.17, 15) is 4.39 Å². The van der Waals surface area contributed by atoms with Crippen LogP contribution in [-0.2, 0) is 0 Å². The molecule has 0 aliphatic heterocycles. The Hall–Kier alpha value is -0.810. The van der Waals surface area contributed by atoms with Gasteiger partial charge in [0, 0.05) is 25.7 Å². The summed E-state index contributed by atoms with van der Waals surface area (Å²) >= 11 is 3.15. The molecule has 1 aromatic carbocycles. The van der Waals surface area contributed by atoms with E-state index in [0.29, 0.717) is 10.2 Å². The van der Waals surface area contributed by atoms with Gasteiger partial charge in [0.05, 0.1) is 15.8 Å². The summed E-state index contributed by atoms with van der Waals surface area (Å²) in [6.07, 6.45) is 1.00. The van der Waals surface area contributed by atoms with Gasteiger partial charge in [0.15, 0.2) is 0 Å². The zero-order valence-electron chi connectivity index (χ0n) is 11.2. The Morgan fingerprint density at radius 3 is 2.44 bits per heavy atom. The number of likely N-dealkylation sites (N-methyl/N-ethyl adjacent to an activating group) is 1. The van der Waals surface area contributed by atoms with E-state index in [1.807, 2.05) is 14.1 Å². The van der Waals surface area contributed by atoms with Crippen molar-refractivity contribution in [3.05, 3.63) is 22.4 Å². The molecule has 0 radical (unpaired) electrons. The average molecular weight is 318 g/mol. The lowest BCUT2D eigenvalue weighted by atomic mass is 10.2. The van der Waals surface area contributed by atoms with Crippen LogP contribution in [0.3, 0.4) is 0 Å². The van der Waals surface area contributed by atoms with E-state index in [1.165, 1.54) is 6.07 Å². The number of halogens is 2. The van der Waals surface area contributed by atoms with Gasteiger partial charge in [-0.1, -0.05) is 6.92 Å². The Balaban J connectivity index is 2.94. The monoisotopic (exact) mass is 317 g/mol. The molecule has 18 heavy (non-hydrogen) atoms. The van der Waals surface area contributed by atoms with Crippen molar-refractivity contribution in [3.63, 3.8) is 0 Å². The third-order valence-corrected chi connectivity index (χ3v) is 3.33. The third-order valence-electron chi connectivity index (χ3n) is 2.72. The van der Waals surface area contributed by atoms with Crippen LogP contribution in [0.5, 0.6) is 0 Å². The maximum absolute atomic E-state index is 13.6. The summed E-state index contributed by atoms with van der Waals surface area (Å²) in [5.74, 6) is -0.273. The van der Waals surface area contributed by atoms with Crippen molar-refractivity contribution in [2.24, 2.45) is 0 Å². The maximum Gasteiger partial charge on any atom is 0.139 e. The molecule has 0 saturated carbocycles. The fraction of sp³-hybridized carbons (Fsp3) is 0.538. The number of nitrogens with two attached hydrogens (primary N) is 1. The highest BCUT2D eigenvalue weighted by atomic mass is 79.9. The minimum Gasteiger partial charge on any atom is -0.397 e. The average Bonchev–Trinajstić information content (AvgIpc) is 2.29. The van der Waals surface area contributed by atoms with Gasteiger partial charge in [-0.2, -0.15) is 0 Å². The second-order valence-corrected chi connectivity index (χ2v) is 5.47.